The third-order valence-corrected chi connectivity index (χ3v) is 8.81. The highest BCUT2D eigenvalue weighted by Crippen LogP contribution is 2.33. The fourth-order valence-electron chi connectivity index (χ4n) is 6.50. The summed E-state index contributed by atoms with van der Waals surface area (Å²) in [5.41, 5.74) is 3.63. The van der Waals surface area contributed by atoms with Crippen molar-refractivity contribution >= 4 is 17.8 Å². The molecule has 2 amide bonds. The van der Waals surface area contributed by atoms with Crippen molar-refractivity contribution in [3.63, 3.8) is 0 Å². The van der Waals surface area contributed by atoms with E-state index in [4.69, 9.17) is 0 Å². The smallest absolute Gasteiger partial charge is 0.245 e. The van der Waals surface area contributed by atoms with Crippen molar-refractivity contribution in [2.75, 3.05) is 26.7 Å². The Bertz CT molecular complexity index is 1710. The number of hydrogen-bond donors (Lipinski definition) is 2. The summed E-state index contributed by atoms with van der Waals surface area (Å²) >= 11 is 0. The fraction of sp³-hybridized carbons (Fsp3) is 0.243. The Morgan fingerprint density at radius 3 is 2.09 bits per heavy atom. The number of halogens is 1. The van der Waals surface area contributed by atoms with Crippen LogP contribution in [0.1, 0.15) is 28.2 Å². The van der Waals surface area contributed by atoms with Crippen LogP contribution in [0.25, 0.3) is 0 Å². The normalized spacial score (nSPS) is 18.2. The van der Waals surface area contributed by atoms with Crippen LogP contribution in [0.5, 0.6) is 5.75 Å². The van der Waals surface area contributed by atoms with Crippen LogP contribution in [-0.4, -0.2) is 81.6 Å². The first kappa shape index (κ1) is 31.5. The number of phenolic OH excluding ortho intramolecular Hbond substituents is 1. The van der Waals surface area contributed by atoms with Crippen molar-refractivity contribution in [3.05, 3.63) is 143 Å². The molecular weight excluding hydrogens is 597 g/mol. The number of carbonyl (C=O) groups is 2. The number of likely N-dealkylation sites (N-methyl/N-ethyl adjacent to an activating group) is 1. The number of carbonyl (C=O) groups excluding carboxylic acids is 3. The van der Waals surface area contributed by atoms with E-state index in [1.807, 2.05) is 66.6 Å². The standard InChI is InChI=1S/C37H36FN5O4/c1-40-24-36(46)42-33(20-26-14-18-31(45)19-15-26)37(47)41(22-32(28-8-4-2-5-9-28)29-10-6-3-7-11-29)23-35(42)43(40)34(25-44)39-21-27-12-16-30(38)17-13-27/h2-19,32-33,35,39,45H,20-24H2,1H3/t33-,35-/m0/s1. The minimum atomic E-state index is -0.862. The summed E-state index contributed by atoms with van der Waals surface area (Å²) in [4.78, 5) is 44.1. The Kier molecular flexibility index (Phi) is 9.33. The van der Waals surface area contributed by atoms with Crippen LogP contribution >= 0.6 is 0 Å². The summed E-state index contributed by atoms with van der Waals surface area (Å²) in [6.45, 7) is 0.647. The highest BCUT2D eigenvalue weighted by atomic mass is 19.1. The van der Waals surface area contributed by atoms with Gasteiger partial charge in [-0.2, -0.15) is 0 Å². The van der Waals surface area contributed by atoms with E-state index in [2.05, 4.69) is 5.32 Å². The van der Waals surface area contributed by atoms with Gasteiger partial charge in [0.15, 0.2) is 5.94 Å². The van der Waals surface area contributed by atoms with Crippen molar-refractivity contribution in [3.8, 4) is 5.75 Å². The molecule has 2 saturated heterocycles. The van der Waals surface area contributed by atoms with Crippen LogP contribution in [0.15, 0.2) is 115 Å². The molecule has 2 aliphatic rings. The van der Waals surface area contributed by atoms with Crippen molar-refractivity contribution in [2.24, 2.45) is 0 Å². The molecule has 9 nitrogen and oxygen atoms in total. The van der Waals surface area contributed by atoms with Crippen molar-refractivity contribution < 1.29 is 23.9 Å². The van der Waals surface area contributed by atoms with E-state index < -0.39 is 12.2 Å². The van der Waals surface area contributed by atoms with Crippen LogP contribution in [0.3, 0.4) is 0 Å². The first-order chi connectivity index (χ1) is 22.8. The zero-order valence-corrected chi connectivity index (χ0v) is 26.0. The van der Waals surface area contributed by atoms with Gasteiger partial charge >= 0.3 is 0 Å². The van der Waals surface area contributed by atoms with Crippen LogP contribution < -0.4 is 5.32 Å². The SMILES string of the molecule is CN1CC(=O)N2[C@@H](Cc3ccc(O)cc3)C(=O)N(CC(c3ccccc3)c3ccccc3)C[C@@H]2N1C(=C=O)NCc1ccc(F)cc1. The topological polar surface area (TPSA) is 96.4 Å². The number of hydrogen-bond acceptors (Lipinski definition) is 7. The molecule has 10 heteroatoms. The minimum absolute atomic E-state index is 0.0596. The third kappa shape index (κ3) is 6.89. The summed E-state index contributed by atoms with van der Waals surface area (Å²) in [6, 6.07) is 31.7. The Balaban J connectivity index is 1.37. The number of hydrazine groups is 1. The zero-order chi connectivity index (χ0) is 32.9. The summed E-state index contributed by atoms with van der Waals surface area (Å²) in [7, 11) is 1.72. The second kappa shape index (κ2) is 13.9. The molecule has 0 aromatic heterocycles. The van der Waals surface area contributed by atoms with E-state index >= 15 is 0 Å². The Hall–Kier alpha value is -5.44. The molecule has 0 aliphatic carbocycles. The predicted molar refractivity (Wildman–Crippen MR) is 174 cm³/mol. The van der Waals surface area contributed by atoms with Crippen LogP contribution in [0.4, 0.5) is 4.39 Å². The van der Waals surface area contributed by atoms with Gasteiger partial charge in [-0.05, 0) is 46.5 Å². The molecule has 2 atom stereocenters. The van der Waals surface area contributed by atoms with Gasteiger partial charge in [0, 0.05) is 32.5 Å². The summed E-state index contributed by atoms with van der Waals surface area (Å²) in [5, 5.41) is 16.4. The molecule has 0 bridgehead atoms. The second-order valence-electron chi connectivity index (χ2n) is 11.9. The number of nitrogens with one attached hydrogen (secondary N) is 1. The summed E-state index contributed by atoms with van der Waals surface area (Å²) in [6.07, 6.45) is -0.495. The van der Waals surface area contributed by atoms with Crippen molar-refractivity contribution in [1.29, 1.82) is 0 Å². The van der Waals surface area contributed by atoms with E-state index in [1.54, 1.807) is 63.3 Å². The molecule has 0 spiro atoms. The quantitative estimate of drug-likeness (QED) is 0.256. The molecule has 0 unspecified atom stereocenters. The minimum Gasteiger partial charge on any atom is -0.508 e. The molecule has 0 saturated carbocycles. The number of phenols is 1. The number of amides is 2. The average molecular weight is 634 g/mol. The predicted octanol–water partition coefficient (Wildman–Crippen LogP) is 3.90. The van der Waals surface area contributed by atoms with E-state index in [0.717, 1.165) is 22.3 Å². The Labute approximate surface area is 273 Å². The van der Waals surface area contributed by atoms with Gasteiger partial charge in [-0.3, -0.25) is 14.6 Å². The Morgan fingerprint density at radius 2 is 1.49 bits per heavy atom. The molecule has 2 fully saturated rings. The Morgan fingerprint density at radius 1 is 0.894 bits per heavy atom. The van der Waals surface area contributed by atoms with Crippen LogP contribution in [-0.2, 0) is 27.3 Å². The molecule has 4 aromatic carbocycles. The molecule has 0 radical (unpaired) electrons. The van der Waals surface area contributed by atoms with Crippen molar-refractivity contribution in [1.82, 2.24) is 25.1 Å². The van der Waals surface area contributed by atoms with Crippen LogP contribution in [0, 0.1) is 5.82 Å². The van der Waals surface area contributed by atoms with Crippen LogP contribution in [0.2, 0.25) is 0 Å². The largest absolute Gasteiger partial charge is 0.508 e. The van der Waals surface area contributed by atoms with Gasteiger partial charge in [0.2, 0.25) is 17.6 Å². The molecule has 6 rings (SSSR count). The second-order valence-corrected chi connectivity index (χ2v) is 11.9. The third-order valence-electron chi connectivity index (χ3n) is 8.81. The number of benzene rings is 4. The van der Waals surface area contributed by atoms with Crippen molar-refractivity contribution in [2.45, 2.75) is 31.1 Å². The lowest BCUT2D eigenvalue weighted by molar-refractivity contribution is -0.191. The number of nitrogens with zero attached hydrogens (tertiary/aromatic N) is 4. The fourth-order valence-corrected chi connectivity index (χ4v) is 6.50. The maximum atomic E-state index is 14.5. The highest BCUT2D eigenvalue weighted by Gasteiger charge is 2.50. The maximum absolute atomic E-state index is 14.5. The first-order valence-electron chi connectivity index (χ1n) is 15.5. The highest BCUT2D eigenvalue weighted by molar-refractivity contribution is 5.90. The average Bonchev–Trinajstić information content (AvgIpc) is 3.09. The van der Waals surface area contributed by atoms with Gasteiger partial charge in [-0.1, -0.05) is 84.9 Å². The molecule has 47 heavy (non-hydrogen) atoms. The zero-order valence-electron chi connectivity index (χ0n) is 26.0. The molecule has 2 heterocycles. The molecule has 2 aliphatic heterocycles. The number of fused-ring (bicyclic) bond motifs is 1. The van der Waals surface area contributed by atoms with E-state index in [9.17, 15) is 23.9 Å². The monoisotopic (exact) mass is 633 g/mol. The first-order valence-corrected chi connectivity index (χ1v) is 15.5. The number of rotatable bonds is 10. The summed E-state index contributed by atoms with van der Waals surface area (Å²) in [5.74, 6) is 1.28. The molecule has 4 aromatic rings. The lowest BCUT2D eigenvalue weighted by Gasteiger charge is -2.55. The van der Waals surface area contributed by atoms with Gasteiger partial charge in [0.1, 0.15) is 23.8 Å². The molecule has 2 N–H and O–H groups in total. The van der Waals surface area contributed by atoms with E-state index in [1.165, 1.54) is 12.1 Å². The number of piperazine rings is 1. The summed E-state index contributed by atoms with van der Waals surface area (Å²) < 4.78 is 13.5. The lowest BCUT2D eigenvalue weighted by Crippen LogP contribution is -2.75. The van der Waals surface area contributed by atoms with E-state index in [0.29, 0.717) is 6.54 Å². The van der Waals surface area contributed by atoms with Gasteiger partial charge in [0.05, 0.1) is 13.1 Å². The van der Waals surface area contributed by atoms with Gasteiger partial charge < -0.3 is 20.2 Å². The molecule has 240 valence electrons. The van der Waals surface area contributed by atoms with Gasteiger partial charge in [-0.25, -0.2) is 14.2 Å². The van der Waals surface area contributed by atoms with Gasteiger partial charge in [0.25, 0.3) is 0 Å². The lowest BCUT2D eigenvalue weighted by atomic mass is 9.89. The molecular formula is C37H36FN5O4. The van der Waals surface area contributed by atoms with Gasteiger partial charge in [-0.15, -0.1) is 0 Å². The maximum Gasteiger partial charge on any atom is 0.245 e. The number of aromatic hydroxyl groups is 1. The van der Waals surface area contributed by atoms with E-state index in [-0.39, 0.29) is 61.2 Å².